The molecule has 26 heavy (non-hydrogen) atoms. The van der Waals surface area contributed by atoms with Crippen LogP contribution >= 0.6 is 0 Å². The third-order valence-electron chi connectivity index (χ3n) is 4.60. The van der Waals surface area contributed by atoms with Gasteiger partial charge in [0.1, 0.15) is 11.1 Å². The number of nitrogens with zero attached hydrogens (tertiary/aromatic N) is 2. The normalized spacial score (nSPS) is 20.3. The average molecular weight is 387 g/mol. The zero-order valence-electron chi connectivity index (χ0n) is 14.9. The van der Waals surface area contributed by atoms with Crippen molar-refractivity contribution in [2.45, 2.75) is 50.3 Å². The van der Waals surface area contributed by atoms with Crippen molar-refractivity contribution >= 4 is 21.7 Å². The lowest BCUT2D eigenvalue weighted by atomic mass is 10.1. The monoisotopic (exact) mass is 387 g/mol. The predicted octanol–water partition coefficient (Wildman–Crippen LogP) is -1.04. The first-order valence-electron chi connectivity index (χ1n) is 8.59. The Morgan fingerprint density at radius 2 is 2.12 bits per heavy atom. The smallest absolute Gasteiger partial charge is 0.340 e. The third kappa shape index (κ3) is 5.16. The zero-order valence-corrected chi connectivity index (χ0v) is 15.8. The molecule has 1 aliphatic rings. The van der Waals surface area contributed by atoms with Crippen LogP contribution in [0.2, 0.25) is 0 Å². The molecule has 2 atom stereocenters. The van der Waals surface area contributed by atoms with Crippen LogP contribution in [0.5, 0.6) is 0 Å². The molecule has 2 unspecified atom stereocenters. The van der Waals surface area contributed by atoms with Crippen molar-refractivity contribution in [1.82, 2.24) is 25.4 Å². The van der Waals surface area contributed by atoms with E-state index in [9.17, 15) is 22.8 Å². The van der Waals surface area contributed by atoms with Gasteiger partial charge in [-0.3, -0.25) is 14.6 Å². The molecule has 1 fully saturated rings. The summed E-state index contributed by atoms with van der Waals surface area (Å²) in [5.74, 6) is -0.210. The molecule has 1 aliphatic heterocycles. The van der Waals surface area contributed by atoms with Crippen molar-refractivity contribution in [3.63, 3.8) is 0 Å². The molecule has 0 spiro atoms. The van der Waals surface area contributed by atoms with Crippen LogP contribution in [-0.4, -0.2) is 71.0 Å². The second-order valence-corrected chi connectivity index (χ2v) is 8.88. The Bertz CT molecular complexity index is 799. The highest BCUT2D eigenvalue weighted by molar-refractivity contribution is 7.92. The fraction of sp³-hybridized carbons (Fsp3) is 0.733. The maximum absolute atomic E-state index is 12.5. The zero-order chi connectivity index (χ0) is 19.3. The van der Waals surface area contributed by atoms with Gasteiger partial charge in [0.15, 0.2) is 9.84 Å². The summed E-state index contributed by atoms with van der Waals surface area (Å²) >= 11 is 0. The van der Waals surface area contributed by atoms with E-state index in [0.29, 0.717) is 18.7 Å². The van der Waals surface area contributed by atoms with E-state index in [-0.39, 0.29) is 37.1 Å². The lowest BCUT2D eigenvalue weighted by Crippen LogP contribution is -2.49. The van der Waals surface area contributed by atoms with Crippen LogP contribution in [0.3, 0.4) is 0 Å². The topological polar surface area (TPSA) is 145 Å². The summed E-state index contributed by atoms with van der Waals surface area (Å²) in [6, 6.07) is -0.339. The van der Waals surface area contributed by atoms with Gasteiger partial charge in [0, 0.05) is 32.5 Å². The molecule has 11 heteroatoms. The summed E-state index contributed by atoms with van der Waals surface area (Å²) in [6.07, 6.45) is 2.11. The molecular formula is C15H25N5O5S. The first-order chi connectivity index (χ1) is 12.2. The minimum Gasteiger partial charge on any atom is -0.354 e. The average Bonchev–Trinajstić information content (AvgIpc) is 3.01. The van der Waals surface area contributed by atoms with Gasteiger partial charge in [-0.05, 0) is 19.8 Å². The quantitative estimate of drug-likeness (QED) is 0.545. The largest absolute Gasteiger partial charge is 0.354 e. The van der Waals surface area contributed by atoms with E-state index in [1.165, 1.54) is 4.90 Å². The summed E-state index contributed by atoms with van der Waals surface area (Å²) in [4.78, 5) is 39.1. The van der Waals surface area contributed by atoms with E-state index in [4.69, 9.17) is 0 Å². The van der Waals surface area contributed by atoms with E-state index in [1.807, 2.05) is 0 Å². The molecule has 10 nitrogen and oxygen atoms in total. The third-order valence-corrected chi connectivity index (χ3v) is 6.76. The summed E-state index contributed by atoms with van der Waals surface area (Å²) in [7, 11) is -1.83. The molecule has 1 aromatic heterocycles. The van der Waals surface area contributed by atoms with Crippen molar-refractivity contribution in [1.29, 1.82) is 0 Å². The van der Waals surface area contributed by atoms with Crippen molar-refractivity contribution in [3.05, 3.63) is 16.3 Å². The van der Waals surface area contributed by atoms with Gasteiger partial charge in [0.2, 0.25) is 11.8 Å². The fourth-order valence-corrected chi connectivity index (χ4v) is 4.71. The number of aromatic amines is 2. The van der Waals surface area contributed by atoms with Gasteiger partial charge in [0.05, 0.1) is 5.75 Å². The van der Waals surface area contributed by atoms with Crippen LogP contribution in [0.1, 0.15) is 38.4 Å². The van der Waals surface area contributed by atoms with E-state index in [0.717, 1.165) is 6.42 Å². The molecule has 0 aliphatic carbocycles. The number of sulfone groups is 1. The van der Waals surface area contributed by atoms with Crippen LogP contribution < -0.4 is 11.0 Å². The van der Waals surface area contributed by atoms with Crippen molar-refractivity contribution < 1.29 is 18.0 Å². The highest BCUT2D eigenvalue weighted by Crippen LogP contribution is 2.21. The predicted molar refractivity (Wildman–Crippen MR) is 94.2 cm³/mol. The molecule has 146 valence electrons. The molecule has 0 bridgehead atoms. The highest BCUT2D eigenvalue weighted by Gasteiger charge is 2.37. The Morgan fingerprint density at radius 1 is 1.38 bits per heavy atom. The van der Waals surface area contributed by atoms with Gasteiger partial charge >= 0.3 is 5.69 Å². The fourth-order valence-electron chi connectivity index (χ4n) is 2.82. The number of aromatic nitrogens is 3. The van der Waals surface area contributed by atoms with Gasteiger partial charge in [-0.2, -0.15) is 5.10 Å². The molecule has 2 amide bonds. The van der Waals surface area contributed by atoms with Gasteiger partial charge in [-0.15, -0.1) is 0 Å². The molecular weight excluding hydrogens is 362 g/mol. The van der Waals surface area contributed by atoms with Gasteiger partial charge < -0.3 is 10.2 Å². The van der Waals surface area contributed by atoms with Crippen molar-refractivity contribution in [2.75, 3.05) is 19.3 Å². The summed E-state index contributed by atoms with van der Waals surface area (Å²) in [5.41, 5.74) is -0.424. The Balaban J connectivity index is 1.80. The number of rotatable bonds is 7. The molecule has 0 aromatic carbocycles. The van der Waals surface area contributed by atoms with Crippen molar-refractivity contribution in [2.24, 2.45) is 0 Å². The van der Waals surface area contributed by atoms with E-state index >= 15 is 0 Å². The SMILES string of the molecule is CC(CNC(=O)CCc1n[nH]c(=O)[nH]1)N(C)C(=O)C1CCCCS1(=O)=O. The standard InChI is InChI=1S/C15H25N5O5S/c1-10(9-16-13(21)7-6-12-17-15(23)19-18-12)20(2)14(22)11-5-3-4-8-26(11,24)25/h10-11H,3-9H2,1-2H3,(H,16,21)(H2,17,18,19,23). The number of hydrogen-bond donors (Lipinski definition) is 3. The number of nitrogens with one attached hydrogen (secondary N) is 3. The molecule has 2 rings (SSSR count). The molecule has 0 saturated carbocycles. The summed E-state index contributed by atoms with van der Waals surface area (Å²) in [6.45, 7) is 1.96. The minimum atomic E-state index is -3.39. The maximum Gasteiger partial charge on any atom is 0.340 e. The number of aryl methyl sites for hydroxylation is 1. The van der Waals surface area contributed by atoms with Gasteiger partial charge in [-0.25, -0.2) is 18.3 Å². The number of amides is 2. The number of carbonyl (C=O) groups excluding carboxylic acids is 2. The Labute approximate surface area is 151 Å². The highest BCUT2D eigenvalue weighted by atomic mass is 32.2. The molecule has 3 N–H and O–H groups in total. The summed E-state index contributed by atoms with van der Waals surface area (Å²) < 4.78 is 24.2. The number of H-pyrrole nitrogens is 2. The number of carbonyl (C=O) groups is 2. The van der Waals surface area contributed by atoms with E-state index in [1.54, 1.807) is 14.0 Å². The molecule has 0 radical (unpaired) electrons. The van der Waals surface area contributed by atoms with E-state index in [2.05, 4.69) is 20.5 Å². The molecule has 1 aromatic rings. The Kier molecular flexibility index (Phi) is 6.57. The molecule has 1 saturated heterocycles. The van der Waals surface area contributed by atoms with Crippen LogP contribution in [0.4, 0.5) is 0 Å². The first-order valence-corrected chi connectivity index (χ1v) is 10.3. The Hall–Kier alpha value is -2.17. The van der Waals surface area contributed by atoms with Crippen molar-refractivity contribution in [3.8, 4) is 0 Å². The van der Waals surface area contributed by atoms with Crippen LogP contribution in [0.25, 0.3) is 0 Å². The lowest BCUT2D eigenvalue weighted by molar-refractivity contribution is -0.132. The van der Waals surface area contributed by atoms with Crippen LogP contribution in [0.15, 0.2) is 4.79 Å². The number of hydrogen-bond acceptors (Lipinski definition) is 6. The van der Waals surface area contributed by atoms with Gasteiger partial charge in [-0.1, -0.05) is 6.42 Å². The number of likely N-dealkylation sites (N-methyl/N-ethyl adjacent to an activating group) is 1. The second-order valence-electron chi connectivity index (χ2n) is 6.58. The first kappa shape index (κ1) is 20.1. The minimum absolute atomic E-state index is 0.0532. The maximum atomic E-state index is 12.5. The second kappa shape index (κ2) is 8.47. The lowest BCUT2D eigenvalue weighted by Gasteiger charge is -2.30. The van der Waals surface area contributed by atoms with Gasteiger partial charge in [0.25, 0.3) is 0 Å². The van der Waals surface area contributed by atoms with E-state index < -0.39 is 26.7 Å². The Morgan fingerprint density at radius 3 is 2.73 bits per heavy atom. The van der Waals surface area contributed by atoms with Crippen LogP contribution in [0, 0.1) is 0 Å². The summed E-state index contributed by atoms with van der Waals surface area (Å²) in [5, 5.41) is 7.67. The van der Waals surface area contributed by atoms with Crippen LogP contribution in [-0.2, 0) is 25.8 Å². The molecule has 2 heterocycles.